The first-order valence-electron chi connectivity index (χ1n) is 12.6. The number of ether oxygens (including phenoxy) is 1. The maximum atomic E-state index is 14.4. The van der Waals surface area contributed by atoms with Crippen LogP contribution in [0.1, 0.15) is 24.1 Å². The van der Waals surface area contributed by atoms with Crippen LogP contribution in [0.2, 0.25) is 0 Å². The van der Waals surface area contributed by atoms with Gasteiger partial charge in [-0.05, 0) is 48.9 Å². The standard InChI is InChI=1S/C27H25F2N5O6S/c1-17(24-10-18(16-35)11-25-27(24)31-26(15-30-25)32-6-8-40-9-7-32)33(22-13-19(28)12-20(29)14-22)41(38,39)23-4-2-21(3-5-23)34(36)37/h2-5,10-15,17,35H,6-9,16H2,1H3. The zero-order chi connectivity index (χ0) is 29.3. The molecule has 1 aromatic heterocycles. The van der Waals surface area contributed by atoms with E-state index in [1.807, 2.05) is 4.90 Å². The molecule has 0 aliphatic carbocycles. The second kappa shape index (κ2) is 11.3. The van der Waals surface area contributed by atoms with Gasteiger partial charge < -0.3 is 14.7 Å². The van der Waals surface area contributed by atoms with Gasteiger partial charge in [-0.2, -0.15) is 0 Å². The molecule has 214 valence electrons. The molecule has 4 aromatic rings. The Labute approximate surface area is 233 Å². The van der Waals surface area contributed by atoms with Crippen molar-refractivity contribution in [2.45, 2.75) is 24.5 Å². The normalized spacial score (nSPS) is 14.7. The molecule has 0 saturated carbocycles. The maximum Gasteiger partial charge on any atom is 0.269 e. The van der Waals surface area contributed by atoms with Crippen LogP contribution in [0.3, 0.4) is 0 Å². The zero-order valence-electron chi connectivity index (χ0n) is 21.8. The van der Waals surface area contributed by atoms with E-state index in [0.717, 1.165) is 40.7 Å². The third kappa shape index (κ3) is 5.66. The molecule has 41 heavy (non-hydrogen) atoms. The molecule has 0 amide bonds. The number of benzene rings is 3. The highest BCUT2D eigenvalue weighted by Gasteiger charge is 2.33. The Morgan fingerprint density at radius 1 is 1.10 bits per heavy atom. The Morgan fingerprint density at radius 2 is 1.76 bits per heavy atom. The number of sulfonamides is 1. The average molecular weight is 586 g/mol. The van der Waals surface area contributed by atoms with Crippen molar-refractivity contribution in [2.24, 2.45) is 0 Å². The number of halogens is 2. The number of rotatable bonds is 8. The SMILES string of the molecule is CC(c1cc(CO)cc2ncc(N3CCOCC3)nc12)N(c1cc(F)cc(F)c1)S(=O)(=O)c1ccc([N+](=O)[O-])cc1. The Morgan fingerprint density at radius 3 is 2.37 bits per heavy atom. The molecule has 2 heterocycles. The number of hydrogen-bond donors (Lipinski definition) is 1. The fourth-order valence-corrected chi connectivity index (χ4v) is 6.38. The van der Waals surface area contributed by atoms with Crippen LogP contribution in [-0.4, -0.2) is 54.7 Å². The number of nitro benzene ring substituents is 1. The summed E-state index contributed by atoms with van der Waals surface area (Å²) in [6, 6.07) is 8.62. The maximum absolute atomic E-state index is 14.4. The minimum absolute atomic E-state index is 0.312. The first-order valence-corrected chi connectivity index (χ1v) is 14.0. The summed E-state index contributed by atoms with van der Waals surface area (Å²) in [6.45, 7) is 3.28. The first-order chi connectivity index (χ1) is 19.6. The van der Waals surface area contributed by atoms with Crippen molar-refractivity contribution in [3.05, 3.63) is 93.7 Å². The number of anilines is 2. The summed E-state index contributed by atoms with van der Waals surface area (Å²) in [6.07, 6.45) is 1.58. The fourth-order valence-electron chi connectivity index (χ4n) is 4.76. The topological polar surface area (TPSA) is 139 Å². The molecular weight excluding hydrogens is 560 g/mol. The van der Waals surface area contributed by atoms with Gasteiger partial charge in [0.05, 0.1) is 58.6 Å². The number of aliphatic hydroxyl groups excluding tert-OH is 1. The van der Waals surface area contributed by atoms with E-state index in [9.17, 15) is 32.4 Å². The van der Waals surface area contributed by atoms with Gasteiger partial charge in [-0.25, -0.2) is 22.2 Å². The molecule has 3 aromatic carbocycles. The predicted molar refractivity (Wildman–Crippen MR) is 146 cm³/mol. The van der Waals surface area contributed by atoms with Crippen LogP contribution < -0.4 is 9.21 Å². The number of nitro groups is 1. The van der Waals surface area contributed by atoms with Gasteiger partial charge in [0.1, 0.15) is 17.5 Å². The van der Waals surface area contributed by atoms with E-state index in [0.29, 0.717) is 60.3 Å². The van der Waals surface area contributed by atoms with Crippen molar-refractivity contribution in [2.75, 3.05) is 35.5 Å². The van der Waals surface area contributed by atoms with Gasteiger partial charge in [0, 0.05) is 36.9 Å². The molecule has 5 rings (SSSR count). The lowest BCUT2D eigenvalue weighted by Gasteiger charge is -2.32. The van der Waals surface area contributed by atoms with E-state index in [1.165, 1.54) is 6.92 Å². The van der Waals surface area contributed by atoms with Crippen LogP contribution in [-0.2, 0) is 21.4 Å². The Hall–Kier alpha value is -4.27. The van der Waals surface area contributed by atoms with Crippen molar-refractivity contribution in [3.8, 4) is 0 Å². The first kappa shape index (κ1) is 28.3. The van der Waals surface area contributed by atoms with E-state index < -0.39 is 32.6 Å². The lowest BCUT2D eigenvalue weighted by molar-refractivity contribution is -0.384. The molecule has 1 aliphatic rings. The largest absolute Gasteiger partial charge is 0.392 e. The molecule has 0 spiro atoms. The van der Waals surface area contributed by atoms with Gasteiger partial charge >= 0.3 is 0 Å². The Kier molecular flexibility index (Phi) is 7.80. The highest BCUT2D eigenvalue weighted by Crippen LogP contribution is 2.37. The van der Waals surface area contributed by atoms with Crippen LogP contribution in [0.4, 0.5) is 26.0 Å². The van der Waals surface area contributed by atoms with Gasteiger partial charge in [0.15, 0.2) is 0 Å². The van der Waals surface area contributed by atoms with Crippen LogP contribution >= 0.6 is 0 Å². The van der Waals surface area contributed by atoms with E-state index in [4.69, 9.17) is 9.72 Å². The number of non-ortho nitro benzene ring substituents is 1. The van der Waals surface area contributed by atoms with Crippen LogP contribution in [0.5, 0.6) is 0 Å². The van der Waals surface area contributed by atoms with Crippen LogP contribution in [0, 0.1) is 21.7 Å². The number of morpholine rings is 1. The lowest BCUT2D eigenvalue weighted by Crippen LogP contribution is -2.37. The van der Waals surface area contributed by atoms with Gasteiger partial charge in [-0.3, -0.25) is 19.4 Å². The molecule has 11 nitrogen and oxygen atoms in total. The predicted octanol–water partition coefficient (Wildman–Crippen LogP) is 4.10. The summed E-state index contributed by atoms with van der Waals surface area (Å²) < 4.78 is 63.2. The number of fused-ring (bicyclic) bond motifs is 1. The summed E-state index contributed by atoms with van der Waals surface area (Å²) in [5.74, 6) is -1.47. The van der Waals surface area contributed by atoms with E-state index >= 15 is 0 Å². The quantitative estimate of drug-likeness (QED) is 0.239. The van der Waals surface area contributed by atoms with Gasteiger partial charge in [0.25, 0.3) is 15.7 Å². The molecule has 1 unspecified atom stereocenters. The number of hydrogen-bond acceptors (Lipinski definition) is 9. The second-order valence-corrected chi connectivity index (χ2v) is 11.2. The highest BCUT2D eigenvalue weighted by atomic mass is 32.2. The van der Waals surface area contributed by atoms with Gasteiger partial charge in [-0.1, -0.05) is 0 Å². The third-order valence-electron chi connectivity index (χ3n) is 6.75. The zero-order valence-corrected chi connectivity index (χ0v) is 22.6. The Bertz CT molecular complexity index is 1700. The van der Waals surface area contributed by atoms with Crippen LogP contribution in [0.25, 0.3) is 11.0 Å². The smallest absolute Gasteiger partial charge is 0.269 e. The van der Waals surface area contributed by atoms with E-state index in [-0.39, 0.29) is 22.9 Å². The molecule has 1 aliphatic heterocycles. The minimum Gasteiger partial charge on any atom is -0.392 e. The summed E-state index contributed by atoms with van der Waals surface area (Å²) in [5, 5.41) is 21.1. The molecule has 1 fully saturated rings. The molecule has 0 bridgehead atoms. The van der Waals surface area contributed by atoms with E-state index in [2.05, 4.69) is 4.98 Å². The third-order valence-corrected chi connectivity index (χ3v) is 8.66. The lowest BCUT2D eigenvalue weighted by atomic mass is 10.0. The van der Waals surface area contributed by atoms with Gasteiger partial charge in [-0.15, -0.1) is 0 Å². The number of aliphatic hydroxyl groups is 1. The molecule has 1 N–H and O–H groups in total. The molecule has 0 radical (unpaired) electrons. The van der Waals surface area contributed by atoms with E-state index in [1.54, 1.807) is 18.3 Å². The summed E-state index contributed by atoms with van der Waals surface area (Å²) >= 11 is 0. The molecule has 14 heteroatoms. The van der Waals surface area contributed by atoms with Crippen molar-refractivity contribution in [1.29, 1.82) is 0 Å². The van der Waals surface area contributed by atoms with Crippen molar-refractivity contribution >= 4 is 38.2 Å². The Balaban J connectivity index is 1.70. The molecule has 1 atom stereocenters. The summed E-state index contributed by atoms with van der Waals surface area (Å²) in [4.78, 5) is 21.4. The summed E-state index contributed by atoms with van der Waals surface area (Å²) in [7, 11) is -4.56. The molecule has 1 saturated heterocycles. The van der Waals surface area contributed by atoms with Crippen LogP contribution in [0.15, 0.2) is 65.7 Å². The monoisotopic (exact) mass is 585 g/mol. The average Bonchev–Trinajstić information content (AvgIpc) is 2.96. The number of nitrogens with zero attached hydrogens (tertiary/aromatic N) is 5. The minimum atomic E-state index is -4.56. The molecular formula is C27H25F2N5O6S. The van der Waals surface area contributed by atoms with Crippen molar-refractivity contribution in [1.82, 2.24) is 9.97 Å². The second-order valence-electron chi connectivity index (χ2n) is 9.39. The van der Waals surface area contributed by atoms with Crippen molar-refractivity contribution < 1.29 is 32.0 Å². The van der Waals surface area contributed by atoms with Crippen molar-refractivity contribution in [3.63, 3.8) is 0 Å². The fraction of sp³-hybridized carbons (Fsp3) is 0.259. The number of aromatic nitrogens is 2. The highest BCUT2D eigenvalue weighted by molar-refractivity contribution is 7.92. The summed E-state index contributed by atoms with van der Waals surface area (Å²) in [5.41, 5.74) is 0.823. The van der Waals surface area contributed by atoms with Gasteiger partial charge in [0.2, 0.25) is 0 Å².